The molecule has 0 saturated heterocycles. The molecular formula is C22H26N4. The summed E-state index contributed by atoms with van der Waals surface area (Å²) in [5.41, 5.74) is 4.38. The lowest BCUT2D eigenvalue weighted by atomic mass is 9.95. The number of benzene rings is 2. The van der Waals surface area contributed by atoms with Crippen LogP contribution in [0.2, 0.25) is 0 Å². The van der Waals surface area contributed by atoms with Gasteiger partial charge in [-0.1, -0.05) is 79.9 Å². The molecule has 1 fully saturated rings. The van der Waals surface area contributed by atoms with Gasteiger partial charge in [-0.25, -0.2) is 0 Å². The lowest BCUT2D eigenvalue weighted by Crippen LogP contribution is -2.30. The van der Waals surface area contributed by atoms with Crippen LogP contribution in [0.15, 0.2) is 60.7 Å². The third kappa shape index (κ3) is 4.20. The molecule has 1 aromatic heterocycles. The molecule has 4 heteroatoms. The second kappa shape index (κ2) is 8.28. The van der Waals surface area contributed by atoms with Gasteiger partial charge in [0.1, 0.15) is 11.4 Å². The third-order valence-electron chi connectivity index (χ3n) is 5.10. The van der Waals surface area contributed by atoms with Crippen molar-refractivity contribution in [1.29, 1.82) is 0 Å². The maximum atomic E-state index is 4.81. The van der Waals surface area contributed by atoms with Gasteiger partial charge in [-0.05, 0) is 18.4 Å². The first-order valence-electron chi connectivity index (χ1n) is 9.65. The number of hydrogen-bond acceptors (Lipinski definition) is 3. The van der Waals surface area contributed by atoms with Crippen LogP contribution in [0.1, 0.15) is 43.4 Å². The summed E-state index contributed by atoms with van der Waals surface area (Å²) in [4.78, 5) is 1.83. The van der Waals surface area contributed by atoms with E-state index in [0.717, 1.165) is 23.5 Å². The summed E-state index contributed by atoms with van der Waals surface area (Å²) < 4.78 is 0. The van der Waals surface area contributed by atoms with Crippen molar-refractivity contribution in [2.24, 2.45) is 0 Å². The van der Waals surface area contributed by atoms with E-state index in [1.165, 1.54) is 37.7 Å². The van der Waals surface area contributed by atoms with E-state index in [-0.39, 0.29) is 0 Å². The SMILES string of the molecule is c1ccc(Cn2nc(CNC3CCCCC3)c(-c3ccccc3)n2)cc1. The average molecular weight is 346 g/mol. The molecule has 4 rings (SSSR count). The van der Waals surface area contributed by atoms with Gasteiger partial charge in [0, 0.05) is 18.2 Å². The van der Waals surface area contributed by atoms with Crippen molar-refractivity contribution in [3.63, 3.8) is 0 Å². The van der Waals surface area contributed by atoms with E-state index in [1.54, 1.807) is 0 Å². The summed E-state index contributed by atoms with van der Waals surface area (Å²) in [6.07, 6.45) is 6.60. The molecule has 26 heavy (non-hydrogen) atoms. The Kier molecular flexibility index (Phi) is 5.41. The first-order chi connectivity index (χ1) is 12.9. The van der Waals surface area contributed by atoms with E-state index in [9.17, 15) is 0 Å². The zero-order chi connectivity index (χ0) is 17.6. The molecule has 4 nitrogen and oxygen atoms in total. The highest BCUT2D eigenvalue weighted by Crippen LogP contribution is 2.22. The summed E-state index contributed by atoms with van der Waals surface area (Å²) >= 11 is 0. The Morgan fingerprint density at radius 2 is 1.54 bits per heavy atom. The van der Waals surface area contributed by atoms with Gasteiger partial charge in [0.2, 0.25) is 0 Å². The normalized spacial score (nSPS) is 15.2. The predicted octanol–water partition coefficient (Wildman–Crippen LogP) is 4.42. The predicted molar refractivity (Wildman–Crippen MR) is 105 cm³/mol. The van der Waals surface area contributed by atoms with E-state index >= 15 is 0 Å². The van der Waals surface area contributed by atoms with Crippen LogP contribution in [0, 0.1) is 0 Å². The van der Waals surface area contributed by atoms with Crippen molar-refractivity contribution in [3.8, 4) is 11.3 Å². The van der Waals surface area contributed by atoms with Crippen LogP contribution in [0.25, 0.3) is 11.3 Å². The molecule has 0 spiro atoms. The Morgan fingerprint density at radius 3 is 2.27 bits per heavy atom. The third-order valence-corrected chi connectivity index (χ3v) is 5.10. The molecule has 0 atom stereocenters. The molecule has 1 aliphatic carbocycles. The number of nitrogens with zero attached hydrogens (tertiary/aromatic N) is 3. The highest BCUT2D eigenvalue weighted by molar-refractivity contribution is 5.60. The largest absolute Gasteiger partial charge is 0.308 e. The Bertz CT molecular complexity index is 805. The van der Waals surface area contributed by atoms with E-state index in [2.05, 4.69) is 53.8 Å². The molecule has 1 saturated carbocycles. The summed E-state index contributed by atoms with van der Waals surface area (Å²) in [5, 5.41) is 13.3. The summed E-state index contributed by atoms with van der Waals surface area (Å²) in [5.74, 6) is 0. The van der Waals surface area contributed by atoms with Gasteiger partial charge in [0.15, 0.2) is 0 Å². The topological polar surface area (TPSA) is 42.7 Å². The van der Waals surface area contributed by atoms with Gasteiger partial charge in [-0.15, -0.1) is 0 Å². The lowest BCUT2D eigenvalue weighted by Gasteiger charge is -2.22. The molecule has 134 valence electrons. The molecule has 0 unspecified atom stereocenters. The zero-order valence-corrected chi connectivity index (χ0v) is 15.1. The first kappa shape index (κ1) is 17.0. The maximum Gasteiger partial charge on any atom is 0.117 e. The average Bonchev–Trinajstić information content (AvgIpc) is 3.11. The molecule has 2 aromatic carbocycles. The Morgan fingerprint density at radius 1 is 0.846 bits per heavy atom. The van der Waals surface area contributed by atoms with Crippen molar-refractivity contribution in [3.05, 3.63) is 71.9 Å². The van der Waals surface area contributed by atoms with Gasteiger partial charge >= 0.3 is 0 Å². The highest BCUT2D eigenvalue weighted by atomic mass is 15.5. The molecule has 0 radical (unpaired) electrons. The fraction of sp³-hybridized carbons (Fsp3) is 0.364. The van der Waals surface area contributed by atoms with E-state index < -0.39 is 0 Å². The number of hydrogen-bond donors (Lipinski definition) is 1. The monoisotopic (exact) mass is 346 g/mol. The second-order valence-electron chi connectivity index (χ2n) is 7.09. The van der Waals surface area contributed by atoms with Crippen molar-refractivity contribution in [2.75, 3.05) is 0 Å². The van der Waals surface area contributed by atoms with Crippen LogP contribution in [0.4, 0.5) is 0 Å². The minimum Gasteiger partial charge on any atom is -0.308 e. The van der Waals surface area contributed by atoms with E-state index in [4.69, 9.17) is 10.2 Å². The van der Waals surface area contributed by atoms with Crippen LogP contribution >= 0.6 is 0 Å². The van der Waals surface area contributed by atoms with Crippen molar-refractivity contribution in [2.45, 2.75) is 51.2 Å². The quantitative estimate of drug-likeness (QED) is 0.719. The van der Waals surface area contributed by atoms with Crippen LogP contribution in [-0.2, 0) is 13.1 Å². The van der Waals surface area contributed by atoms with Crippen LogP contribution in [0.5, 0.6) is 0 Å². The molecule has 1 heterocycles. The minimum absolute atomic E-state index is 0.617. The van der Waals surface area contributed by atoms with Gasteiger partial charge in [-0.3, -0.25) is 0 Å². The maximum absolute atomic E-state index is 4.81. The Labute approximate surface area is 155 Å². The Hall–Kier alpha value is -2.46. The van der Waals surface area contributed by atoms with Crippen molar-refractivity contribution < 1.29 is 0 Å². The van der Waals surface area contributed by atoms with Gasteiger partial charge in [0.05, 0.1) is 6.54 Å². The van der Waals surface area contributed by atoms with Crippen LogP contribution < -0.4 is 5.32 Å². The zero-order valence-electron chi connectivity index (χ0n) is 15.1. The fourth-order valence-corrected chi connectivity index (χ4v) is 3.69. The summed E-state index contributed by atoms with van der Waals surface area (Å²) in [6, 6.07) is 21.4. The number of nitrogens with one attached hydrogen (secondary N) is 1. The molecule has 0 aliphatic heterocycles. The first-order valence-corrected chi connectivity index (χ1v) is 9.65. The van der Waals surface area contributed by atoms with E-state index in [0.29, 0.717) is 12.6 Å². The summed E-state index contributed by atoms with van der Waals surface area (Å²) in [6.45, 7) is 1.48. The molecule has 1 N–H and O–H groups in total. The number of rotatable bonds is 6. The second-order valence-corrected chi connectivity index (χ2v) is 7.09. The number of aromatic nitrogens is 3. The van der Waals surface area contributed by atoms with Gasteiger partial charge in [-0.2, -0.15) is 15.0 Å². The Balaban J connectivity index is 1.55. The standard InChI is InChI=1S/C22H26N4/c1-4-10-18(11-5-1)17-26-24-21(16-23-20-14-8-3-9-15-20)22(25-26)19-12-6-2-7-13-19/h1-2,4-7,10-13,20,23H,3,8-9,14-17H2. The van der Waals surface area contributed by atoms with Crippen LogP contribution in [-0.4, -0.2) is 21.0 Å². The van der Waals surface area contributed by atoms with Gasteiger partial charge < -0.3 is 5.32 Å². The van der Waals surface area contributed by atoms with Crippen LogP contribution in [0.3, 0.4) is 0 Å². The lowest BCUT2D eigenvalue weighted by molar-refractivity contribution is 0.370. The molecule has 1 aliphatic rings. The smallest absolute Gasteiger partial charge is 0.117 e. The molecule has 3 aromatic rings. The highest BCUT2D eigenvalue weighted by Gasteiger charge is 2.17. The molecule has 0 bridgehead atoms. The molecule has 0 amide bonds. The van der Waals surface area contributed by atoms with Crippen molar-refractivity contribution >= 4 is 0 Å². The molecular weight excluding hydrogens is 320 g/mol. The summed E-state index contributed by atoms with van der Waals surface area (Å²) in [7, 11) is 0. The van der Waals surface area contributed by atoms with Gasteiger partial charge in [0.25, 0.3) is 0 Å². The fourth-order valence-electron chi connectivity index (χ4n) is 3.69. The van der Waals surface area contributed by atoms with Crippen molar-refractivity contribution in [1.82, 2.24) is 20.3 Å². The van der Waals surface area contributed by atoms with E-state index in [1.807, 2.05) is 16.9 Å². The minimum atomic E-state index is 0.617.